The van der Waals surface area contributed by atoms with E-state index in [1.807, 2.05) is 36.8 Å². The first-order valence-corrected chi connectivity index (χ1v) is 17.0. The molecule has 0 fully saturated rings. The number of benzene rings is 4. The van der Waals surface area contributed by atoms with Crippen LogP contribution in [0.1, 0.15) is 52.7 Å². The van der Waals surface area contributed by atoms with Crippen molar-refractivity contribution >= 4 is 43.5 Å². The highest BCUT2D eigenvalue weighted by molar-refractivity contribution is 6.11. The number of ether oxygens (including phenoxy) is 1. The standard InChI is InChI=1S/C44H40N4O/c1-43(2,3)27-29-18-21-47-42-33(29)16-17-36-37(42)20-23-46-41(36)28-10-9-11-31(24-28)49-32-14-15-35-34-12-7-8-13-38(34)48(39(35)26-32)40-25-30(19-22-45-40)44(4,5)6/h7-26H,27H2,1-6H3. The third-order valence-electron chi connectivity index (χ3n) is 9.29. The highest BCUT2D eigenvalue weighted by Gasteiger charge is 2.19. The molecule has 5 heteroatoms. The van der Waals surface area contributed by atoms with Crippen LogP contribution in [0, 0.1) is 5.41 Å². The monoisotopic (exact) mass is 640 g/mol. The number of aromatic nitrogens is 4. The van der Waals surface area contributed by atoms with E-state index in [1.54, 1.807) is 0 Å². The molecule has 5 nitrogen and oxygen atoms in total. The van der Waals surface area contributed by atoms with Crippen LogP contribution in [0.5, 0.6) is 11.5 Å². The molecule has 0 saturated carbocycles. The number of fused-ring (bicyclic) bond motifs is 6. The van der Waals surface area contributed by atoms with Crippen LogP contribution in [0.4, 0.5) is 0 Å². The minimum absolute atomic E-state index is 0.00742. The summed E-state index contributed by atoms with van der Waals surface area (Å²) in [6.45, 7) is 13.5. The van der Waals surface area contributed by atoms with Crippen molar-refractivity contribution in [1.82, 2.24) is 19.5 Å². The van der Waals surface area contributed by atoms with Gasteiger partial charge in [0.2, 0.25) is 0 Å². The SMILES string of the molecule is CC(C)(C)Cc1ccnc2c1ccc1c(-c3cccc(Oc4ccc5c6ccccc6n(-c6cc(C(C)(C)C)ccn6)c5c4)c3)nccc12. The molecule has 0 bridgehead atoms. The zero-order valence-corrected chi connectivity index (χ0v) is 29.0. The summed E-state index contributed by atoms with van der Waals surface area (Å²) in [6, 6.07) is 36.0. The normalized spacial score (nSPS) is 12.4. The molecule has 49 heavy (non-hydrogen) atoms. The van der Waals surface area contributed by atoms with Crippen molar-refractivity contribution in [2.75, 3.05) is 0 Å². The summed E-state index contributed by atoms with van der Waals surface area (Å²) >= 11 is 0. The average molecular weight is 641 g/mol. The van der Waals surface area contributed by atoms with Crippen molar-refractivity contribution in [3.8, 4) is 28.6 Å². The van der Waals surface area contributed by atoms with Gasteiger partial charge >= 0.3 is 0 Å². The molecule has 0 aliphatic rings. The summed E-state index contributed by atoms with van der Waals surface area (Å²) in [4.78, 5) is 14.5. The number of rotatable bonds is 5. The Bertz CT molecular complexity index is 2530. The number of hydrogen-bond acceptors (Lipinski definition) is 4. The van der Waals surface area contributed by atoms with Gasteiger partial charge in [0, 0.05) is 57.2 Å². The quantitative estimate of drug-likeness (QED) is 0.176. The molecule has 4 aromatic carbocycles. The van der Waals surface area contributed by atoms with E-state index in [4.69, 9.17) is 19.7 Å². The van der Waals surface area contributed by atoms with Gasteiger partial charge in [-0.25, -0.2) is 4.98 Å². The summed E-state index contributed by atoms with van der Waals surface area (Å²) < 4.78 is 8.83. The first kappa shape index (κ1) is 30.8. The first-order valence-electron chi connectivity index (χ1n) is 17.0. The number of nitrogens with zero attached hydrogens (tertiary/aromatic N) is 4. The molecule has 4 heterocycles. The van der Waals surface area contributed by atoms with E-state index in [9.17, 15) is 0 Å². The molecular formula is C44H40N4O. The molecule has 8 rings (SSSR count). The van der Waals surface area contributed by atoms with E-state index < -0.39 is 0 Å². The van der Waals surface area contributed by atoms with E-state index in [0.717, 1.165) is 67.7 Å². The Hall–Kier alpha value is -5.55. The maximum atomic E-state index is 6.58. The molecule has 0 unspecified atom stereocenters. The summed E-state index contributed by atoms with van der Waals surface area (Å²) in [5.41, 5.74) is 7.84. The predicted molar refractivity (Wildman–Crippen MR) is 203 cm³/mol. The van der Waals surface area contributed by atoms with Crippen LogP contribution in [0.15, 0.2) is 122 Å². The topological polar surface area (TPSA) is 52.8 Å². The second-order valence-electron chi connectivity index (χ2n) is 15.2. The lowest BCUT2D eigenvalue weighted by molar-refractivity contribution is 0.412. The van der Waals surface area contributed by atoms with E-state index >= 15 is 0 Å². The van der Waals surface area contributed by atoms with Crippen molar-refractivity contribution in [2.24, 2.45) is 5.41 Å². The Morgan fingerprint density at radius 3 is 2.14 bits per heavy atom. The fourth-order valence-corrected chi connectivity index (χ4v) is 7.00. The molecule has 0 amide bonds. The Labute approximate surface area is 287 Å². The molecule has 8 aromatic rings. The third kappa shape index (κ3) is 5.69. The third-order valence-corrected chi connectivity index (χ3v) is 9.29. The van der Waals surface area contributed by atoms with Gasteiger partial charge in [-0.1, -0.05) is 84.0 Å². The van der Waals surface area contributed by atoms with Crippen LogP contribution >= 0.6 is 0 Å². The van der Waals surface area contributed by atoms with E-state index in [-0.39, 0.29) is 10.8 Å². The van der Waals surface area contributed by atoms with Gasteiger partial charge in [-0.2, -0.15) is 0 Å². The molecule has 4 aromatic heterocycles. The van der Waals surface area contributed by atoms with Crippen LogP contribution in [0.2, 0.25) is 0 Å². The Morgan fingerprint density at radius 2 is 1.31 bits per heavy atom. The molecule has 0 aliphatic carbocycles. The van der Waals surface area contributed by atoms with Gasteiger partial charge in [-0.3, -0.25) is 14.5 Å². The summed E-state index contributed by atoms with van der Waals surface area (Å²) in [5, 5.41) is 5.72. The van der Waals surface area contributed by atoms with Crippen LogP contribution < -0.4 is 4.74 Å². The summed E-state index contributed by atoms with van der Waals surface area (Å²) in [6.07, 6.45) is 6.72. The highest BCUT2D eigenvalue weighted by atomic mass is 16.5. The maximum Gasteiger partial charge on any atom is 0.137 e. The van der Waals surface area contributed by atoms with Crippen LogP contribution in [0.3, 0.4) is 0 Å². The Morgan fingerprint density at radius 1 is 0.571 bits per heavy atom. The number of hydrogen-bond donors (Lipinski definition) is 0. The van der Waals surface area contributed by atoms with Crippen LogP contribution in [-0.2, 0) is 11.8 Å². The van der Waals surface area contributed by atoms with Crippen LogP contribution in [-0.4, -0.2) is 19.5 Å². The lowest BCUT2D eigenvalue weighted by Crippen LogP contribution is -2.12. The highest BCUT2D eigenvalue weighted by Crippen LogP contribution is 2.38. The molecule has 0 radical (unpaired) electrons. The zero-order chi connectivity index (χ0) is 33.9. The fraction of sp³-hybridized carbons (Fsp3) is 0.205. The van der Waals surface area contributed by atoms with E-state index in [1.165, 1.54) is 21.9 Å². The van der Waals surface area contributed by atoms with Crippen LogP contribution in [0.25, 0.3) is 60.6 Å². The average Bonchev–Trinajstić information content (AvgIpc) is 3.41. The Balaban J connectivity index is 1.19. The van der Waals surface area contributed by atoms with E-state index in [2.05, 4.69) is 131 Å². The molecule has 0 spiro atoms. The second-order valence-corrected chi connectivity index (χ2v) is 15.2. The first-order chi connectivity index (χ1) is 23.5. The lowest BCUT2D eigenvalue weighted by atomic mass is 9.86. The molecule has 0 saturated heterocycles. The number of para-hydroxylation sites is 1. The van der Waals surface area contributed by atoms with Crippen molar-refractivity contribution in [2.45, 2.75) is 53.4 Å². The maximum absolute atomic E-state index is 6.58. The second kappa shape index (κ2) is 11.6. The van der Waals surface area contributed by atoms with Gasteiger partial charge in [0.1, 0.15) is 17.3 Å². The molecule has 242 valence electrons. The Kier molecular flexibility index (Phi) is 7.25. The smallest absolute Gasteiger partial charge is 0.137 e. The molecule has 0 aliphatic heterocycles. The van der Waals surface area contributed by atoms with Crippen molar-refractivity contribution < 1.29 is 4.74 Å². The van der Waals surface area contributed by atoms with E-state index in [0.29, 0.717) is 0 Å². The van der Waals surface area contributed by atoms with Gasteiger partial charge < -0.3 is 4.74 Å². The van der Waals surface area contributed by atoms with Gasteiger partial charge in [0.15, 0.2) is 0 Å². The van der Waals surface area contributed by atoms with Gasteiger partial charge in [-0.15, -0.1) is 0 Å². The predicted octanol–water partition coefficient (Wildman–Crippen LogP) is 11.6. The molecular weight excluding hydrogens is 601 g/mol. The largest absolute Gasteiger partial charge is 0.457 e. The lowest BCUT2D eigenvalue weighted by Gasteiger charge is -2.20. The minimum atomic E-state index is 0.00742. The fourth-order valence-electron chi connectivity index (χ4n) is 7.00. The van der Waals surface area contributed by atoms with Crippen molar-refractivity contribution in [3.63, 3.8) is 0 Å². The van der Waals surface area contributed by atoms with Crippen molar-refractivity contribution in [1.29, 1.82) is 0 Å². The molecule has 0 N–H and O–H groups in total. The number of pyridine rings is 3. The minimum Gasteiger partial charge on any atom is -0.457 e. The van der Waals surface area contributed by atoms with Gasteiger partial charge in [0.25, 0.3) is 0 Å². The summed E-state index contributed by atoms with van der Waals surface area (Å²) in [5.74, 6) is 2.40. The van der Waals surface area contributed by atoms with Gasteiger partial charge in [-0.05, 0) is 83.0 Å². The molecule has 0 atom stereocenters. The van der Waals surface area contributed by atoms with Gasteiger partial charge in [0.05, 0.1) is 22.2 Å². The summed E-state index contributed by atoms with van der Waals surface area (Å²) in [7, 11) is 0. The zero-order valence-electron chi connectivity index (χ0n) is 29.0. The van der Waals surface area contributed by atoms with Crippen molar-refractivity contribution in [3.05, 3.63) is 133 Å².